The van der Waals surface area contributed by atoms with Crippen LogP contribution in [0.25, 0.3) is 5.57 Å². The summed E-state index contributed by atoms with van der Waals surface area (Å²) in [6.45, 7) is 5.72. The molecule has 0 radical (unpaired) electrons. The normalized spacial score (nSPS) is 13.7. The Labute approximate surface area is 192 Å². The SMILES string of the molecule is COc1ccccc1C1=C(Nc2cccc(Cl)c2C)C(=O)N(c2ccc(C)cc2C)C1=O. The number of imide groups is 1. The number of hydrogen-bond donors (Lipinski definition) is 1. The minimum Gasteiger partial charge on any atom is -0.496 e. The Kier molecular flexibility index (Phi) is 5.76. The van der Waals surface area contributed by atoms with Gasteiger partial charge in [-0.25, -0.2) is 4.90 Å². The first-order valence-corrected chi connectivity index (χ1v) is 10.6. The summed E-state index contributed by atoms with van der Waals surface area (Å²) in [5.41, 5.74) is 4.87. The molecule has 4 rings (SSSR count). The lowest BCUT2D eigenvalue weighted by molar-refractivity contribution is -0.120. The van der Waals surface area contributed by atoms with Gasteiger partial charge in [0.1, 0.15) is 11.4 Å². The molecule has 2 amide bonds. The number of benzene rings is 3. The molecule has 0 unspecified atom stereocenters. The maximum atomic E-state index is 13.7. The molecule has 0 aliphatic carbocycles. The maximum Gasteiger partial charge on any atom is 0.282 e. The zero-order chi connectivity index (χ0) is 23.0. The molecule has 0 aromatic heterocycles. The van der Waals surface area contributed by atoms with E-state index in [2.05, 4.69) is 5.32 Å². The topological polar surface area (TPSA) is 58.6 Å². The molecule has 0 atom stereocenters. The molecule has 1 aliphatic heterocycles. The van der Waals surface area contributed by atoms with Gasteiger partial charge < -0.3 is 10.1 Å². The zero-order valence-electron chi connectivity index (χ0n) is 18.3. The summed E-state index contributed by atoms with van der Waals surface area (Å²) in [5, 5.41) is 3.76. The molecule has 0 bridgehead atoms. The first kappa shape index (κ1) is 21.7. The lowest BCUT2D eigenvalue weighted by atomic mass is 10.0. The number of rotatable bonds is 5. The summed E-state index contributed by atoms with van der Waals surface area (Å²) in [6.07, 6.45) is 0. The van der Waals surface area contributed by atoms with Gasteiger partial charge in [-0.2, -0.15) is 0 Å². The Balaban J connectivity index is 1.91. The molecule has 3 aromatic rings. The van der Waals surface area contributed by atoms with Crippen LogP contribution in [0.4, 0.5) is 11.4 Å². The van der Waals surface area contributed by atoms with Crippen LogP contribution in [-0.2, 0) is 9.59 Å². The van der Waals surface area contributed by atoms with E-state index in [0.717, 1.165) is 16.7 Å². The third kappa shape index (κ3) is 3.65. The van der Waals surface area contributed by atoms with E-state index in [9.17, 15) is 9.59 Å². The van der Waals surface area contributed by atoms with Crippen LogP contribution in [0.5, 0.6) is 5.75 Å². The fourth-order valence-electron chi connectivity index (χ4n) is 3.90. The maximum absolute atomic E-state index is 13.7. The summed E-state index contributed by atoms with van der Waals surface area (Å²) >= 11 is 6.29. The number of amides is 2. The van der Waals surface area contributed by atoms with Gasteiger partial charge in [0, 0.05) is 16.3 Å². The molecule has 1 aliphatic rings. The van der Waals surface area contributed by atoms with Gasteiger partial charge in [0.25, 0.3) is 11.8 Å². The first-order chi connectivity index (χ1) is 15.3. The Hall–Kier alpha value is -3.57. The molecule has 32 heavy (non-hydrogen) atoms. The summed E-state index contributed by atoms with van der Waals surface area (Å²) in [7, 11) is 1.54. The fraction of sp³-hybridized carbons (Fsp3) is 0.154. The van der Waals surface area contributed by atoms with E-state index in [1.807, 2.05) is 51.1 Å². The number of aryl methyl sites for hydroxylation is 2. The quantitative estimate of drug-likeness (QED) is 0.513. The molecule has 1 N–H and O–H groups in total. The van der Waals surface area contributed by atoms with E-state index < -0.39 is 11.8 Å². The van der Waals surface area contributed by atoms with Gasteiger partial charge in [-0.15, -0.1) is 0 Å². The Morgan fingerprint density at radius 2 is 1.66 bits per heavy atom. The summed E-state index contributed by atoms with van der Waals surface area (Å²) < 4.78 is 5.50. The van der Waals surface area contributed by atoms with Crippen molar-refractivity contribution in [3.05, 3.63) is 93.6 Å². The van der Waals surface area contributed by atoms with E-state index >= 15 is 0 Å². The molecule has 3 aromatic carbocycles. The summed E-state index contributed by atoms with van der Waals surface area (Å²) in [4.78, 5) is 28.6. The number of para-hydroxylation sites is 1. The summed E-state index contributed by atoms with van der Waals surface area (Å²) in [6, 6.07) is 18.2. The highest BCUT2D eigenvalue weighted by Crippen LogP contribution is 2.39. The number of methoxy groups -OCH3 is 1. The predicted octanol–water partition coefficient (Wildman–Crippen LogP) is 5.67. The summed E-state index contributed by atoms with van der Waals surface area (Å²) in [5.74, 6) is -0.330. The largest absolute Gasteiger partial charge is 0.496 e. The second-order valence-electron chi connectivity index (χ2n) is 7.72. The van der Waals surface area contributed by atoms with Crippen LogP contribution in [0, 0.1) is 20.8 Å². The van der Waals surface area contributed by atoms with Crippen LogP contribution in [0.3, 0.4) is 0 Å². The Morgan fingerprint density at radius 1 is 0.906 bits per heavy atom. The van der Waals surface area contributed by atoms with Crippen LogP contribution < -0.4 is 15.0 Å². The molecule has 1 heterocycles. The predicted molar refractivity (Wildman–Crippen MR) is 128 cm³/mol. The third-order valence-corrected chi connectivity index (χ3v) is 5.99. The standard InChI is InChI=1S/C26H23ClN2O3/c1-15-12-13-21(16(2)14-15)29-25(30)23(18-8-5-6-11-22(18)32-4)24(26(29)31)28-20-10-7-9-19(27)17(20)3/h5-14,28H,1-4H3. The number of anilines is 2. The van der Waals surface area contributed by atoms with E-state index in [1.54, 1.807) is 30.3 Å². The van der Waals surface area contributed by atoms with Crippen molar-refractivity contribution in [2.45, 2.75) is 20.8 Å². The number of ether oxygens (including phenoxy) is 1. The van der Waals surface area contributed by atoms with Gasteiger partial charge in [-0.1, -0.05) is 53.6 Å². The Bertz CT molecular complexity index is 1280. The Morgan fingerprint density at radius 3 is 2.38 bits per heavy atom. The minimum atomic E-state index is -0.428. The second-order valence-corrected chi connectivity index (χ2v) is 8.13. The lowest BCUT2D eigenvalue weighted by Crippen LogP contribution is -2.33. The lowest BCUT2D eigenvalue weighted by Gasteiger charge is -2.18. The highest BCUT2D eigenvalue weighted by molar-refractivity contribution is 6.46. The third-order valence-electron chi connectivity index (χ3n) is 5.58. The highest BCUT2D eigenvalue weighted by atomic mass is 35.5. The van der Waals surface area contributed by atoms with Crippen LogP contribution in [0.15, 0.2) is 66.4 Å². The van der Waals surface area contributed by atoms with Crippen molar-refractivity contribution in [3.63, 3.8) is 0 Å². The number of hydrogen-bond acceptors (Lipinski definition) is 4. The highest BCUT2D eigenvalue weighted by Gasteiger charge is 2.41. The number of nitrogens with zero attached hydrogens (tertiary/aromatic N) is 1. The molecule has 162 valence electrons. The van der Waals surface area contributed by atoms with E-state index in [1.165, 1.54) is 12.0 Å². The van der Waals surface area contributed by atoms with Crippen molar-refractivity contribution in [1.29, 1.82) is 0 Å². The molecule has 0 spiro atoms. The van der Waals surface area contributed by atoms with Crippen molar-refractivity contribution in [2.24, 2.45) is 0 Å². The van der Waals surface area contributed by atoms with Crippen LogP contribution in [-0.4, -0.2) is 18.9 Å². The molecular weight excluding hydrogens is 424 g/mol. The van der Waals surface area contributed by atoms with Gasteiger partial charge in [-0.05, 0) is 56.2 Å². The average Bonchev–Trinajstić information content (AvgIpc) is 3.01. The molecule has 0 saturated heterocycles. The second kappa shape index (κ2) is 8.52. The average molecular weight is 447 g/mol. The number of carbonyl (C=O) groups excluding carboxylic acids is 2. The monoisotopic (exact) mass is 446 g/mol. The van der Waals surface area contributed by atoms with E-state index in [-0.39, 0.29) is 11.3 Å². The van der Waals surface area contributed by atoms with Gasteiger partial charge in [-0.3, -0.25) is 9.59 Å². The van der Waals surface area contributed by atoms with E-state index in [4.69, 9.17) is 16.3 Å². The van der Waals surface area contributed by atoms with Gasteiger partial charge in [0.05, 0.1) is 18.4 Å². The van der Waals surface area contributed by atoms with E-state index in [0.29, 0.717) is 27.7 Å². The van der Waals surface area contributed by atoms with Crippen LogP contribution >= 0.6 is 11.6 Å². The molecule has 6 heteroatoms. The van der Waals surface area contributed by atoms with Crippen molar-refractivity contribution in [3.8, 4) is 5.75 Å². The molecule has 0 fully saturated rings. The van der Waals surface area contributed by atoms with Crippen LogP contribution in [0.2, 0.25) is 5.02 Å². The molecule has 0 saturated carbocycles. The number of halogens is 1. The minimum absolute atomic E-state index is 0.185. The van der Waals surface area contributed by atoms with Crippen molar-refractivity contribution in [1.82, 2.24) is 0 Å². The first-order valence-electron chi connectivity index (χ1n) is 10.2. The van der Waals surface area contributed by atoms with Crippen molar-refractivity contribution in [2.75, 3.05) is 17.3 Å². The van der Waals surface area contributed by atoms with Crippen molar-refractivity contribution >= 4 is 40.4 Å². The molecular formula is C26H23ClN2O3. The number of nitrogens with one attached hydrogen (secondary N) is 1. The van der Waals surface area contributed by atoms with Gasteiger partial charge in [0.2, 0.25) is 0 Å². The van der Waals surface area contributed by atoms with Gasteiger partial charge >= 0.3 is 0 Å². The van der Waals surface area contributed by atoms with Crippen molar-refractivity contribution < 1.29 is 14.3 Å². The van der Waals surface area contributed by atoms with Gasteiger partial charge in [0.15, 0.2) is 0 Å². The number of carbonyl (C=O) groups is 2. The zero-order valence-corrected chi connectivity index (χ0v) is 19.1. The molecule has 5 nitrogen and oxygen atoms in total. The fourth-order valence-corrected chi connectivity index (χ4v) is 4.07. The smallest absolute Gasteiger partial charge is 0.282 e. The van der Waals surface area contributed by atoms with Crippen LogP contribution in [0.1, 0.15) is 22.3 Å².